The van der Waals surface area contributed by atoms with Crippen LogP contribution in [0.1, 0.15) is 38.7 Å². The van der Waals surface area contributed by atoms with Gasteiger partial charge in [-0.3, -0.25) is 0 Å². The summed E-state index contributed by atoms with van der Waals surface area (Å²) in [5.41, 5.74) is 1.16. The molecule has 0 radical (unpaired) electrons. The third-order valence-corrected chi connectivity index (χ3v) is 2.86. The minimum Gasteiger partial charge on any atom is -0.303 e. The maximum atomic E-state index is 9.17. The average molecular weight is 261 g/mol. The zero-order valence-electron chi connectivity index (χ0n) is 9.80. The predicted molar refractivity (Wildman–Crippen MR) is 71.4 cm³/mol. The fraction of sp³-hybridized carbons (Fsp3) is 0.462. The van der Waals surface area contributed by atoms with Crippen LogP contribution in [0.3, 0.4) is 0 Å². The number of hydrogen-bond acceptors (Lipinski definition) is 1. The van der Waals surface area contributed by atoms with Crippen molar-refractivity contribution >= 4 is 29.5 Å². The molecule has 0 saturated carbocycles. The summed E-state index contributed by atoms with van der Waals surface area (Å²) in [7, 11) is 0. The van der Waals surface area contributed by atoms with Gasteiger partial charge in [-0.1, -0.05) is 55.6 Å². The first-order valence-corrected chi connectivity index (χ1v) is 6.29. The second-order valence-electron chi connectivity index (χ2n) is 3.39. The summed E-state index contributed by atoms with van der Waals surface area (Å²) in [5.74, 6) is 0. The van der Waals surface area contributed by atoms with E-state index in [1.54, 1.807) is 0 Å². The van der Waals surface area contributed by atoms with Gasteiger partial charge in [0.25, 0.3) is 0 Å². The molecular weight excluding hydrogens is 243 g/mol. The SMILES string of the molecule is CCC=O.CCCCc1cccc(Cl)c1Cl. The molecule has 0 aliphatic heterocycles. The van der Waals surface area contributed by atoms with Gasteiger partial charge in [-0.2, -0.15) is 0 Å². The number of aldehydes is 1. The van der Waals surface area contributed by atoms with Crippen molar-refractivity contribution in [3.8, 4) is 0 Å². The Hall–Kier alpha value is -0.530. The highest BCUT2D eigenvalue weighted by atomic mass is 35.5. The van der Waals surface area contributed by atoms with Crippen molar-refractivity contribution in [2.24, 2.45) is 0 Å². The van der Waals surface area contributed by atoms with Crippen molar-refractivity contribution in [3.63, 3.8) is 0 Å². The standard InChI is InChI=1S/C10H12Cl2.C3H6O/c1-2-3-5-8-6-4-7-9(11)10(8)12;1-2-3-4/h4,6-7H,2-3,5H2,1H3;3H,2H2,1H3. The fourth-order valence-corrected chi connectivity index (χ4v) is 1.52. The molecule has 0 fully saturated rings. The highest BCUT2D eigenvalue weighted by Crippen LogP contribution is 2.26. The molecular formula is C13H18Cl2O. The maximum Gasteiger partial charge on any atom is 0.119 e. The number of halogens is 2. The van der Waals surface area contributed by atoms with Gasteiger partial charge in [0, 0.05) is 6.42 Å². The average Bonchev–Trinajstić information content (AvgIpc) is 2.31. The minimum atomic E-state index is 0.639. The van der Waals surface area contributed by atoms with Gasteiger partial charge in [0.2, 0.25) is 0 Å². The Bertz CT molecular complexity index is 311. The third kappa shape index (κ3) is 6.14. The lowest BCUT2D eigenvalue weighted by Gasteiger charge is -2.03. The molecule has 0 saturated heterocycles. The lowest BCUT2D eigenvalue weighted by molar-refractivity contribution is -0.107. The van der Waals surface area contributed by atoms with Gasteiger partial charge in [-0.05, 0) is 24.5 Å². The molecule has 0 aliphatic rings. The molecule has 16 heavy (non-hydrogen) atoms. The molecule has 0 aliphatic carbocycles. The fourth-order valence-electron chi connectivity index (χ4n) is 1.11. The molecule has 0 N–H and O–H groups in total. The van der Waals surface area contributed by atoms with E-state index in [1.165, 1.54) is 12.8 Å². The molecule has 0 spiro atoms. The Kier molecular flexibility index (Phi) is 9.36. The number of aryl methyl sites for hydroxylation is 1. The van der Waals surface area contributed by atoms with Gasteiger partial charge in [0.15, 0.2) is 0 Å². The number of hydrogen-bond donors (Lipinski definition) is 0. The summed E-state index contributed by atoms with van der Waals surface area (Å²) < 4.78 is 0. The number of rotatable bonds is 4. The van der Waals surface area contributed by atoms with E-state index in [1.807, 2.05) is 25.1 Å². The highest BCUT2D eigenvalue weighted by molar-refractivity contribution is 6.42. The zero-order valence-corrected chi connectivity index (χ0v) is 11.3. The Morgan fingerprint density at radius 1 is 1.25 bits per heavy atom. The number of carbonyl (C=O) groups is 1. The van der Waals surface area contributed by atoms with Crippen LogP contribution >= 0.6 is 23.2 Å². The summed E-state index contributed by atoms with van der Waals surface area (Å²) in [6, 6.07) is 5.79. The maximum absolute atomic E-state index is 9.17. The van der Waals surface area contributed by atoms with Crippen molar-refractivity contribution in [1.29, 1.82) is 0 Å². The largest absolute Gasteiger partial charge is 0.303 e. The smallest absolute Gasteiger partial charge is 0.119 e. The molecule has 90 valence electrons. The van der Waals surface area contributed by atoms with Crippen molar-refractivity contribution in [2.75, 3.05) is 0 Å². The second-order valence-corrected chi connectivity index (χ2v) is 4.18. The number of unbranched alkanes of at least 4 members (excludes halogenated alkanes) is 1. The van der Waals surface area contributed by atoms with E-state index >= 15 is 0 Å². The van der Waals surface area contributed by atoms with Crippen molar-refractivity contribution in [2.45, 2.75) is 39.5 Å². The molecule has 0 amide bonds. The van der Waals surface area contributed by atoms with Crippen LogP contribution in [-0.2, 0) is 11.2 Å². The summed E-state index contributed by atoms with van der Waals surface area (Å²) in [5, 5.41) is 1.37. The van der Waals surface area contributed by atoms with Crippen LogP contribution in [0.15, 0.2) is 18.2 Å². The van der Waals surface area contributed by atoms with E-state index in [2.05, 4.69) is 6.92 Å². The first-order chi connectivity index (χ1) is 7.67. The normalized spacial score (nSPS) is 9.25. The summed E-state index contributed by atoms with van der Waals surface area (Å²) in [6.07, 6.45) is 4.89. The minimum absolute atomic E-state index is 0.639. The second kappa shape index (κ2) is 9.68. The predicted octanol–water partition coefficient (Wildman–Crippen LogP) is 4.93. The molecule has 0 bridgehead atoms. The van der Waals surface area contributed by atoms with E-state index in [0.717, 1.165) is 18.3 Å². The van der Waals surface area contributed by atoms with Crippen molar-refractivity contribution < 1.29 is 4.79 Å². The molecule has 1 rings (SSSR count). The van der Waals surface area contributed by atoms with Crippen LogP contribution in [0.25, 0.3) is 0 Å². The van der Waals surface area contributed by atoms with E-state index in [9.17, 15) is 4.79 Å². The topological polar surface area (TPSA) is 17.1 Å². The van der Waals surface area contributed by atoms with Gasteiger partial charge in [0.05, 0.1) is 10.0 Å². The Morgan fingerprint density at radius 3 is 2.38 bits per heavy atom. The molecule has 0 unspecified atom stereocenters. The third-order valence-electron chi connectivity index (χ3n) is 2.00. The van der Waals surface area contributed by atoms with Gasteiger partial charge >= 0.3 is 0 Å². The van der Waals surface area contributed by atoms with Crippen LogP contribution in [0.5, 0.6) is 0 Å². The highest BCUT2D eigenvalue weighted by Gasteiger charge is 2.02. The Morgan fingerprint density at radius 2 is 1.88 bits per heavy atom. The summed E-state index contributed by atoms with van der Waals surface area (Å²) in [4.78, 5) is 9.17. The zero-order chi connectivity index (χ0) is 12.4. The summed E-state index contributed by atoms with van der Waals surface area (Å²) >= 11 is 11.9. The van der Waals surface area contributed by atoms with Crippen LogP contribution in [0.2, 0.25) is 10.0 Å². The first kappa shape index (κ1) is 15.5. The van der Waals surface area contributed by atoms with Crippen LogP contribution in [-0.4, -0.2) is 6.29 Å². The molecule has 1 aromatic carbocycles. The van der Waals surface area contributed by atoms with Crippen molar-refractivity contribution in [3.05, 3.63) is 33.8 Å². The first-order valence-electron chi connectivity index (χ1n) is 5.53. The lowest BCUT2D eigenvalue weighted by atomic mass is 10.1. The summed E-state index contributed by atoms with van der Waals surface area (Å²) in [6.45, 7) is 3.98. The van der Waals surface area contributed by atoms with Gasteiger partial charge in [-0.25, -0.2) is 0 Å². The number of benzene rings is 1. The van der Waals surface area contributed by atoms with Gasteiger partial charge < -0.3 is 4.79 Å². The van der Waals surface area contributed by atoms with E-state index in [0.29, 0.717) is 16.5 Å². The number of carbonyl (C=O) groups excluding carboxylic acids is 1. The van der Waals surface area contributed by atoms with E-state index in [-0.39, 0.29) is 0 Å². The van der Waals surface area contributed by atoms with Gasteiger partial charge in [0.1, 0.15) is 6.29 Å². The molecule has 1 nitrogen and oxygen atoms in total. The molecule has 0 aromatic heterocycles. The molecule has 0 atom stereocenters. The van der Waals surface area contributed by atoms with Crippen LogP contribution in [0.4, 0.5) is 0 Å². The molecule has 0 heterocycles. The van der Waals surface area contributed by atoms with Crippen LogP contribution < -0.4 is 0 Å². The lowest BCUT2D eigenvalue weighted by Crippen LogP contribution is -1.86. The monoisotopic (exact) mass is 260 g/mol. The molecule has 3 heteroatoms. The Balaban J connectivity index is 0.000000487. The van der Waals surface area contributed by atoms with Crippen molar-refractivity contribution in [1.82, 2.24) is 0 Å². The van der Waals surface area contributed by atoms with E-state index < -0.39 is 0 Å². The quantitative estimate of drug-likeness (QED) is 0.702. The van der Waals surface area contributed by atoms with Crippen LogP contribution in [0, 0.1) is 0 Å². The van der Waals surface area contributed by atoms with E-state index in [4.69, 9.17) is 23.2 Å². The Labute approximate surface area is 108 Å². The van der Waals surface area contributed by atoms with Gasteiger partial charge in [-0.15, -0.1) is 0 Å². The molecule has 1 aromatic rings.